The minimum absolute atomic E-state index is 0.996. The summed E-state index contributed by atoms with van der Waals surface area (Å²) < 4.78 is 69.2. The fourth-order valence-corrected chi connectivity index (χ4v) is 2.00. The topological polar surface area (TPSA) is 0 Å². The molecule has 0 N–H and O–H groups in total. The fourth-order valence-electron chi connectivity index (χ4n) is 0.668. The van der Waals surface area contributed by atoms with Crippen molar-refractivity contribution in [1.29, 1.82) is 0 Å². The molecule has 0 spiro atoms. The van der Waals surface area contributed by atoms with Gasteiger partial charge in [-0.1, -0.05) is 7.92 Å². The van der Waals surface area contributed by atoms with E-state index in [0.29, 0.717) is 0 Å². The van der Waals surface area contributed by atoms with Gasteiger partial charge in [-0.2, -0.15) is 26.3 Å². The van der Waals surface area contributed by atoms with Crippen LogP contribution in [0.4, 0.5) is 26.3 Å². The summed E-state index contributed by atoms with van der Waals surface area (Å²) in [5.41, 5.74) is 0. The van der Waals surface area contributed by atoms with Gasteiger partial charge in [-0.25, -0.2) is 0 Å². The third-order valence-corrected chi connectivity index (χ3v) is 2.70. The van der Waals surface area contributed by atoms with Crippen LogP contribution in [0.1, 0.15) is 0 Å². The van der Waals surface area contributed by atoms with E-state index in [1.807, 2.05) is 0 Å². The zero-order valence-corrected chi connectivity index (χ0v) is 7.02. The number of alkyl halides is 6. The monoisotopic (exact) mass is 212 g/mol. The highest BCUT2D eigenvalue weighted by Crippen LogP contribution is 2.42. The Labute approximate surface area is 66.7 Å². The molecule has 0 saturated carbocycles. The van der Waals surface area contributed by atoms with Gasteiger partial charge < -0.3 is 0 Å². The second-order valence-corrected chi connectivity index (χ2v) is 4.75. The third kappa shape index (κ3) is 8.11. The van der Waals surface area contributed by atoms with Crippen molar-refractivity contribution in [3.05, 3.63) is 0 Å². The number of rotatable bonds is 2. The quantitative estimate of drug-likeness (QED) is 0.487. The molecule has 0 aliphatic carbocycles. The Morgan fingerprint density at radius 3 is 1.25 bits per heavy atom. The van der Waals surface area contributed by atoms with E-state index in [1.54, 1.807) is 0 Å². The number of halogens is 6. The van der Waals surface area contributed by atoms with Crippen molar-refractivity contribution < 1.29 is 26.3 Å². The van der Waals surface area contributed by atoms with Crippen LogP contribution in [0.15, 0.2) is 0 Å². The van der Waals surface area contributed by atoms with Crippen molar-refractivity contribution in [2.75, 3.05) is 19.0 Å². The summed E-state index contributed by atoms with van der Waals surface area (Å²) >= 11 is 0. The van der Waals surface area contributed by atoms with Gasteiger partial charge in [0.05, 0.1) is 12.3 Å². The van der Waals surface area contributed by atoms with E-state index in [2.05, 4.69) is 0 Å². The van der Waals surface area contributed by atoms with Crippen LogP contribution >= 0.6 is 7.92 Å². The highest BCUT2D eigenvalue weighted by molar-refractivity contribution is 7.56. The molecule has 0 aliphatic rings. The van der Waals surface area contributed by atoms with Gasteiger partial charge in [0, 0.05) is 0 Å². The van der Waals surface area contributed by atoms with Gasteiger partial charge in [0.2, 0.25) is 0 Å². The maximum absolute atomic E-state index is 11.5. The fraction of sp³-hybridized carbons (Fsp3) is 1.00. The first-order valence-corrected chi connectivity index (χ1v) is 5.08. The standard InChI is InChI=1S/C5H7F6P/c1-12(2-4(6,7)8)3-5(9,10)11/h2-3H2,1H3. The SMILES string of the molecule is CP(CC(F)(F)F)CC(F)(F)F. The lowest BCUT2D eigenvalue weighted by Gasteiger charge is -2.15. The lowest BCUT2D eigenvalue weighted by molar-refractivity contribution is -0.111. The first kappa shape index (κ1) is 12.0. The molecule has 0 saturated heterocycles. The maximum Gasteiger partial charge on any atom is 0.392 e. The molecule has 0 amide bonds. The maximum atomic E-state index is 11.5. The molecular weight excluding hydrogens is 205 g/mol. The van der Waals surface area contributed by atoms with Gasteiger partial charge in [0.15, 0.2) is 0 Å². The molecule has 0 bridgehead atoms. The molecule has 12 heavy (non-hydrogen) atoms. The van der Waals surface area contributed by atoms with Crippen LogP contribution in [0.2, 0.25) is 0 Å². The molecule has 0 aromatic rings. The van der Waals surface area contributed by atoms with E-state index < -0.39 is 32.6 Å². The normalized spacial score (nSPS) is 14.0. The molecule has 74 valence electrons. The summed E-state index contributed by atoms with van der Waals surface area (Å²) in [5.74, 6) is 0. The van der Waals surface area contributed by atoms with Gasteiger partial charge >= 0.3 is 12.4 Å². The van der Waals surface area contributed by atoms with Crippen LogP contribution in [-0.4, -0.2) is 31.3 Å². The largest absolute Gasteiger partial charge is 0.392 e. The minimum Gasteiger partial charge on any atom is -0.171 e. The van der Waals surface area contributed by atoms with Crippen molar-refractivity contribution in [3.8, 4) is 0 Å². The van der Waals surface area contributed by atoms with Gasteiger partial charge in [0.1, 0.15) is 0 Å². The predicted octanol–water partition coefficient (Wildman–Crippen LogP) is 3.22. The summed E-state index contributed by atoms with van der Waals surface area (Å²) in [6.45, 7) is 0.996. The Morgan fingerprint density at radius 1 is 0.833 bits per heavy atom. The third-order valence-electron chi connectivity index (χ3n) is 0.898. The van der Waals surface area contributed by atoms with E-state index >= 15 is 0 Å². The van der Waals surface area contributed by atoms with Crippen molar-refractivity contribution in [2.24, 2.45) is 0 Å². The number of hydrogen-bond acceptors (Lipinski definition) is 0. The lowest BCUT2D eigenvalue weighted by Crippen LogP contribution is -2.19. The number of hydrogen-bond donors (Lipinski definition) is 0. The average molecular weight is 212 g/mol. The highest BCUT2D eigenvalue weighted by Gasteiger charge is 2.36. The molecule has 0 aromatic heterocycles. The zero-order valence-electron chi connectivity index (χ0n) is 6.13. The van der Waals surface area contributed by atoms with Crippen LogP contribution < -0.4 is 0 Å². The second kappa shape index (κ2) is 3.81. The van der Waals surface area contributed by atoms with Crippen molar-refractivity contribution in [2.45, 2.75) is 12.4 Å². The van der Waals surface area contributed by atoms with E-state index in [1.165, 1.54) is 0 Å². The summed E-state index contributed by atoms with van der Waals surface area (Å²) in [7, 11) is -2.01. The van der Waals surface area contributed by atoms with Crippen molar-refractivity contribution in [3.63, 3.8) is 0 Å². The van der Waals surface area contributed by atoms with Crippen LogP contribution in [0, 0.1) is 0 Å². The molecule has 0 fully saturated rings. The van der Waals surface area contributed by atoms with Crippen LogP contribution in [-0.2, 0) is 0 Å². The minimum atomic E-state index is -4.48. The van der Waals surface area contributed by atoms with Gasteiger partial charge in [-0.15, -0.1) is 0 Å². The Morgan fingerprint density at radius 2 is 1.08 bits per heavy atom. The smallest absolute Gasteiger partial charge is 0.171 e. The Kier molecular flexibility index (Phi) is 3.82. The lowest BCUT2D eigenvalue weighted by atomic mass is 10.8. The summed E-state index contributed by atoms with van der Waals surface area (Å²) in [5, 5.41) is 0. The molecule has 0 radical (unpaired) electrons. The summed E-state index contributed by atoms with van der Waals surface area (Å²) in [4.78, 5) is 0. The molecule has 7 heteroatoms. The molecule has 0 aromatic carbocycles. The first-order valence-electron chi connectivity index (χ1n) is 2.92. The summed E-state index contributed by atoms with van der Waals surface area (Å²) in [6.07, 6.45) is -11.6. The molecule has 0 atom stereocenters. The van der Waals surface area contributed by atoms with E-state index in [9.17, 15) is 26.3 Å². The van der Waals surface area contributed by atoms with Crippen LogP contribution in [0.25, 0.3) is 0 Å². The van der Waals surface area contributed by atoms with Crippen molar-refractivity contribution >= 4 is 7.92 Å². The molecule has 0 unspecified atom stereocenters. The molecule has 0 aliphatic heterocycles. The summed E-state index contributed by atoms with van der Waals surface area (Å²) in [6, 6.07) is 0. The second-order valence-electron chi connectivity index (χ2n) is 2.40. The van der Waals surface area contributed by atoms with Crippen LogP contribution in [0.5, 0.6) is 0 Å². The zero-order chi connectivity index (χ0) is 9.99. The van der Waals surface area contributed by atoms with Crippen LogP contribution in [0.3, 0.4) is 0 Å². The first-order chi connectivity index (χ1) is 5.10. The van der Waals surface area contributed by atoms with E-state index in [-0.39, 0.29) is 0 Å². The molecule has 0 nitrogen and oxygen atoms in total. The van der Waals surface area contributed by atoms with E-state index in [4.69, 9.17) is 0 Å². The van der Waals surface area contributed by atoms with E-state index in [0.717, 1.165) is 6.66 Å². The molecule has 0 heterocycles. The molecule has 0 rings (SSSR count). The Hall–Kier alpha value is 0.01000. The van der Waals surface area contributed by atoms with Gasteiger partial charge in [-0.05, 0) is 6.66 Å². The van der Waals surface area contributed by atoms with Gasteiger partial charge in [0.25, 0.3) is 0 Å². The predicted molar refractivity (Wildman–Crippen MR) is 34.7 cm³/mol. The Balaban J connectivity index is 3.83. The van der Waals surface area contributed by atoms with Crippen molar-refractivity contribution in [1.82, 2.24) is 0 Å². The average Bonchev–Trinajstić information content (AvgIpc) is 1.49. The highest BCUT2D eigenvalue weighted by atomic mass is 31.1. The van der Waals surface area contributed by atoms with Gasteiger partial charge in [-0.3, -0.25) is 0 Å². The molecular formula is C5H7F6P. The Bertz CT molecular complexity index is 120.